The Morgan fingerprint density at radius 1 is 0.853 bits per heavy atom. The summed E-state index contributed by atoms with van der Waals surface area (Å²) in [6.45, 7) is -0.252. The van der Waals surface area contributed by atoms with Crippen molar-refractivity contribution in [1.29, 1.82) is 0 Å². The SMILES string of the molecule is COC(=O)COc1cc(-c2ccccc2)nc2ccc(NC(=O)Nc3cccc(OC)c3)cc12. The van der Waals surface area contributed by atoms with Crippen molar-refractivity contribution in [3.05, 3.63) is 78.9 Å². The Kier molecular flexibility index (Phi) is 6.88. The molecule has 4 rings (SSSR count). The van der Waals surface area contributed by atoms with Crippen molar-refractivity contribution in [3.8, 4) is 22.8 Å². The third kappa shape index (κ3) is 5.42. The summed E-state index contributed by atoms with van der Waals surface area (Å²) in [6, 6.07) is 23.3. The second-order valence-corrected chi connectivity index (χ2v) is 7.28. The molecule has 0 radical (unpaired) electrons. The third-order valence-electron chi connectivity index (χ3n) is 5.00. The summed E-state index contributed by atoms with van der Waals surface area (Å²) >= 11 is 0. The molecule has 172 valence electrons. The van der Waals surface area contributed by atoms with Gasteiger partial charge < -0.3 is 24.8 Å². The maximum atomic E-state index is 12.5. The van der Waals surface area contributed by atoms with E-state index < -0.39 is 12.0 Å². The van der Waals surface area contributed by atoms with Crippen LogP contribution in [0.4, 0.5) is 16.2 Å². The molecule has 0 aliphatic heterocycles. The number of fused-ring (bicyclic) bond motifs is 1. The molecule has 34 heavy (non-hydrogen) atoms. The van der Waals surface area contributed by atoms with Gasteiger partial charge in [-0.05, 0) is 30.3 Å². The molecule has 4 aromatic rings. The van der Waals surface area contributed by atoms with Gasteiger partial charge in [-0.25, -0.2) is 14.6 Å². The predicted molar refractivity (Wildman–Crippen MR) is 130 cm³/mol. The maximum Gasteiger partial charge on any atom is 0.343 e. The van der Waals surface area contributed by atoms with Crippen molar-refractivity contribution in [2.24, 2.45) is 0 Å². The molecule has 0 aliphatic carbocycles. The minimum absolute atomic E-state index is 0.252. The van der Waals surface area contributed by atoms with Crippen LogP contribution >= 0.6 is 0 Å². The number of nitrogens with one attached hydrogen (secondary N) is 2. The van der Waals surface area contributed by atoms with E-state index in [2.05, 4.69) is 10.6 Å². The molecule has 0 saturated carbocycles. The molecule has 0 unspecified atom stereocenters. The largest absolute Gasteiger partial charge is 0.497 e. The number of urea groups is 1. The number of anilines is 2. The zero-order valence-electron chi connectivity index (χ0n) is 18.7. The van der Waals surface area contributed by atoms with Gasteiger partial charge in [0.15, 0.2) is 6.61 Å². The lowest BCUT2D eigenvalue weighted by Gasteiger charge is -2.13. The molecule has 8 nitrogen and oxygen atoms in total. The highest BCUT2D eigenvalue weighted by Crippen LogP contribution is 2.32. The van der Waals surface area contributed by atoms with Gasteiger partial charge in [0.05, 0.1) is 25.4 Å². The summed E-state index contributed by atoms with van der Waals surface area (Å²) in [5, 5.41) is 6.21. The zero-order valence-corrected chi connectivity index (χ0v) is 18.7. The van der Waals surface area contributed by atoms with Crippen LogP contribution in [0.1, 0.15) is 0 Å². The van der Waals surface area contributed by atoms with E-state index in [1.807, 2.05) is 30.3 Å². The van der Waals surface area contributed by atoms with Gasteiger partial charge in [-0.1, -0.05) is 36.4 Å². The fraction of sp³-hybridized carbons (Fsp3) is 0.115. The standard InChI is InChI=1S/C26H23N3O5/c1-32-20-10-6-9-18(13-20)27-26(31)28-19-11-12-22-21(14-19)24(34-16-25(30)33-2)15-23(29-22)17-7-4-3-5-8-17/h3-15H,16H2,1-2H3,(H2,27,28,31). The van der Waals surface area contributed by atoms with Crippen LogP contribution in [0.5, 0.6) is 11.5 Å². The van der Waals surface area contributed by atoms with Gasteiger partial charge in [-0.15, -0.1) is 0 Å². The number of benzene rings is 3. The Balaban J connectivity index is 1.62. The number of pyridine rings is 1. The molecule has 1 aromatic heterocycles. The van der Waals surface area contributed by atoms with E-state index >= 15 is 0 Å². The molecule has 0 aliphatic rings. The summed E-state index contributed by atoms with van der Waals surface area (Å²) in [5.74, 6) is 0.584. The molecular formula is C26H23N3O5. The summed E-state index contributed by atoms with van der Waals surface area (Å²) < 4.78 is 15.6. The lowest BCUT2D eigenvalue weighted by Crippen LogP contribution is -2.19. The van der Waals surface area contributed by atoms with Gasteiger partial charge in [-0.2, -0.15) is 0 Å². The first-order valence-electron chi connectivity index (χ1n) is 10.5. The van der Waals surface area contributed by atoms with Gasteiger partial charge in [0.1, 0.15) is 11.5 Å². The quantitative estimate of drug-likeness (QED) is 0.375. The fourth-order valence-corrected chi connectivity index (χ4v) is 3.34. The Bertz CT molecular complexity index is 1320. The molecule has 0 saturated heterocycles. The van der Waals surface area contributed by atoms with Crippen molar-refractivity contribution in [2.45, 2.75) is 0 Å². The normalized spacial score (nSPS) is 10.4. The van der Waals surface area contributed by atoms with E-state index in [-0.39, 0.29) is 6.61 Å². The number of esters is 1. The summed E-state index contributed by atoms with van der Waals surface area (Å²) in [7, 11) is 2.86. The molecule has 0 fully saturated rings. The average Bonchev–Trinajstić information content (AvgIpc) is 2.87. The molecule has 2 N–H and O–H groups in total. The first-order valence-corrected chi connectivity index (χ1v) is 10.5. The minimum Gasteiger partial charge on any atom is -0.497 e. The first-order chi connectivity index (χ1) is 16.6. The molecule has 2 amide bonds. The van der Waals surface area contributed by atoms with Crippen molar-refractivity contribution < 1.29 is 23.8 Å². The van der Waals surface area contributed by atoms with Crippen LogP contribution < -0.4 is 20.1 Å². The number of amides is 2. The van der Waals surface area contributed by atoms with Crippen molar-refractivity contribution >= 4 is 34.3 Å². The van der Waals surface area contributed by atoms with Gasteiger partial charge in [0, 0.05) is 34.5 Å². The summed E-state index contributed by atoms with van der Waals surface area (Å²) in [6.07, 6.45) is 0. The van der Waals surface area contributed by atoms with Crippen LogP contribution in [-0.4, -0.2) is 37.8 Å². The Morgan fingerprint density at radius 3 is 2.35 bits per heavy atom. The van der Waals surface area contributed by atoms with Crippen LogP contribution in [0.2, 0.25) is 0 Å². The Labute approximate surface area is 196 Å². The fourth-order valence-electron chi connectivity index (χ4n) is 3.34. The van der Waals surface area contributed by atoms with Crippen LogP contribution in [0, 0.1) is 0 Å². The number of hydrogen-bond acceptors (Lipinski definition) is 6. The van der Waals surface area contributed by atoms with E-state index in [4.69, 9.17) is 19.2 Å². The molecule has 0 atom stereocenters. The second kappa shape index (κ2) is 10.4. The molecule has 3 aromatic carbocycles. The molecule has 0 spiro atoms. The molecular weight excluding hydrogens is 434 g/mol. The first kappa shape index (κ1) is 22.6. The van der Waals surface area contributed by atoms with E-state index in [0.29, 0.717) is 39.5 Å². The number of methoxy groups -OCH3 is 2. The highest BCUT2D eigenvalue weighted by Gasteiger charge is 2.13. The van der Waals surface area contributed by atoms with Crippen molar-refractivity contribution in [2.75, 3.05) is 31.5 Å². The summed E-state index contributed by atoms with van der Waals surface area (Å²) in [4.78, 5) is 28.9. The number of nitrogens with zero attached hydrogens (tertiary/aromatic N) is 1. The monoisotopic (exact) mass is 457 g/mol. The van der Waals surface area contributed by atoms with E-state index in [9.17, 15) is 9.59 Å². The van der Waals surface area contributed by atoms with Crippen LogP contribution in [0.25, 0.3) is 22.2 Å². The van der Waals surface area contributed by atoms with Gasteiger partial charge in [-0.3, -0.25) is 0 Å². The number of ether oxygens (including phenoxy) is 3. The lowest BCUT2D eigenvalue weighted by molar-refractivity contribution is -0.142. The number of hydrogen-bond donors (Lipinski definition) is 2. The highest BCUT2D eigenvalue weighted by atomic mass is 16.6. The van der Waals surface area contributed by atoms with Crippen molar-refractivity contribution in [3.63, 3.8) is 0 Å². The number of rotatable bonds is 7. The molecule has 0 bridgehead atoms. The van der Waals surface area contributed by atoms with Crippen LogP contribution in [-0.2, 0) is 9.53 Å². The van der Waals surface area contributed by atoms with Gasteiger partial charge in [0.25, 0.3) is 0 Å². The van der Waals surface area contributed by atoms with Gasteiger partial charge >= 0.3 is 12.0 Å². The molecule has 8 heteroatoms. The van der Waals surface area contributed by atoms with E-state index in [0.717, 1.165) is 5.56 Å². The topological polar surface area (TPSA) is 98.8 Å². The Hall–Kier alpha value is -4.59. The summed E-state index contributed by atoms with van der Waals surface area (Å²) in [5.41, 5.74) is 3.38. The maximum absolute atomic E-state index is 12.5. The average molecular weight is 457 g/mol. The zero-order chi connectivity index (χ0) is 23.9. The molecule has 1 heterocycles. The van der Waals surface area contributed by atoms with E-state index in [1.54, 1.807) is 55.6 Å². The van der Waals surface area contributed by atoms with Gasteiger partial charge in [0.2, 0.25) is 0 Å². The van der Waals surface area contributed by atoms with Crippen molar-refractivity contribution in [1.82, 2.24) is 4.98 Å². The predicted octanol–water partition coefficient (Wildman–Crippen LogP) is 5.11. The third-order valence-corrected chi connectivity index (χ3v) is 5.00. The Morgan fingerprint density at radius 2 is 1.62 bits per heavy atom. The van der Waals surface area contributed by atoms with E-state index in [1.165, 1.54) is 7.11 Å². The van der Waals surface area contributed by atoms with Crippen LogP contribution in [0.15, 0.2) is 78.9 Å². The highest BCUT2D eigenvalue weighted by molar-refractivity contribution is 6.01. The minimum atomic E-state index is -0.502. The number of carbonyl (C=O) groups is 2. The smallest absolute Gasteiger partial charge is 0.343 e. The lowest BCUT2D eigenvalue weighted by atomic mass is 10.1. The number of aromatic nitrogens is 1. The van der Waals surface area contributed by atoms with Crippen LogP contribution in [0.3, 0.4) is 0 Å². The second-order valence-electron chi connectivity index (χ2n) is 7.28. The number of carbonyl (C=O) groups excluding carboxylic acids is 2.